The molecule has 3 nitrogen and oxygen atoms in total. The molecule has 196 valence electrons. The summed E-state index contributed by atoms with van der Waals surface area (Å²) < 4.78 is 0. The number of fused-ring (bicyclic) bond motifs is 2. The van der Waals surface area contributed by atoms with Gasteiger partial charge in [0, 0.05) is 12.0 Å². The summed E-state index contributed by atoms with van der Waals surface area (Å²) in [4.78, 5) is 0. The second-order valence-electron chi connectivity index (χ2n) is 14.4. The van der Waals surface area contributed by atoms with E-state index in [-0.39, 0.29) is 23.5 Å². The smallest absolute Gasteiger partial charge is 0.0618 e. The van der Waals surface area contributed by atoms with Gasteiger partial charge in [-0.2, -0.15) is 0 Å². The van der Waals surface area contributed by atoms with E-state index in [1.807, 2.05) is 0 Å². The Hall–Kier alpha value is -0.120. The van der Waals surface area contributed by atoms with Gasteiger partial charge in [0.2, 0.25) is 0 Å². The molecule has 0 aromatic carbocycles. The second-order valence-corrected chi connectivity index (χ2v) is 14.4. The van der Waals surface area contributed by atoms with E-state index in [0.717, 1.165) is 54.8 Å². The van der Waals surface area contributed by atoms with Gasteiger partial charge >= 0.3 is 0 Å². The predicted octanol–water partition coefficient (Wildman–Crippen LogP) is 6.30. The van der Waals surface area contributed by atoms with Gasteiger partial charge in [0.1, 0.15) is 0 Å². The topological polar surface area (TPSA) is 60.7 Å². The first kappa shape index (κ1) is 25.5. The number of aliphatic hydroxyl groups is 3. The fraction of sp³-hybridized carbons (Fsp3) is 1.00. The Morgan fingerprint density at radius 1 is 0.971 bits per heavy atom. The molecule has 0 radical (unpaired) electrons. The highest BCUT2D eigenvalue weighted by atomic mass is 16.3. The molecule has 34 heavy (non-hydrogen) atoms. The molecule has 0 aromatic heterocycles. The van der Waals surface area contributed by atoms with Crippen LogP contribution in [0.3, 0.4) is 0 Å². The molecule has 0 saturated heterocycles. The lowest BCUT2D eigenvalue weighted by atomic mass is 9.44. The minimum absolute atomic E-state index is 0.108. The third kappa shape index (κ3) is 4.32. The molecule has 0 heterocycles. The van der Waals surface area contributed by atoms with E-state index in [9.17, 15) is 15.3 Å². The minimum atomic E-state index is -0.370. The Balaban J connectivity index is 1.38. The number of aliphatic hydroxyl groups excluding tert-OH is 3. The van der Waals surface area contributed by atoms with Crippen LogP contribution in [-0.2, 0) is 0 Å². The number of hydrogen-bond donors (Lipinski definition) is 3. The van der Waals surface area contributed by atoms with Crippen molar-refractivity contribution >= 4 is 0 Å². The van der Waals surface area contributed by atoms with Crippen molar-refractivity contribution in [1.29, 1.82) is 0 Å². The predicted molar refractivity (Wildman–Crippen MR) is 138 cm³/mol. The fourth-order valence-corrected chi connectivity index (χ4v) is 10.4. The molecule has 5 rings (SSSR count). The zero-order chi connectivity index (χ0) is 24.3. The van der Waals surface area contributed by atoms with E-state index < -0.39 is 0 Å². The van der Waals surface area contributed by atoms with Crippen LogP contribution in [0.1, 0.15) is 105 Å². The summed E-state index contributed by atoms with van der Waals surface area (Å²) in [5.41, 5.74) is -0.146. The quantitative estimate of drug-likeness (QED) is 0.368. The lowest BCUT2D eigenvalue weighted by Gasteiger charge is -2.61. The van der Waals surface area contributed by atoms with E-state index in [4.69, 9.17) is 0 Å². The largest absolute Gasteiger partial charge is 0.396 e. The van der Waals surface area contributed by atoms with Crippen molar-refractivity contribution in [3.8, 4) is 0 Å². The van der Waals surface area contributed by atoms with Gasteiger partial charge in [-0.15, -0.1) is 0 Å². The first-order chi connectivity index (χ1) is 16.3. The lowest BCUT2D eigenvalue weighted by Crippen LogP contribution is -2.58. The van der Waals surface area contributed by atoms with Crippen LogP contribution in [0.2, 0.25) is 0 Å². The Bertz CT molecular complexity index is 709. The summed E-state index contributed by atoms with van der Waals surface area (Å²) >= 11 is 0. The SMILES string of the molecule is CCC1CC1CCC(CC1C(C)CCC2C(C)(CO)C(O)CCC12C)C1CCC2CC2C1CO. The van der Waals surface area contributed by atoms with E-state index in [2.05, 4.69) is 27.7 Å². The van der Waals surface area contributed by atoms with Gasteiger partial charge in [-0.25, -0.2) is 0 Å². The van der Waals surface area contributed by atoms with E-state index >= 15 is 0 Å². The van der Waals surface area contributed by atoms with Crippen molar-refractivity contribution in [2.24, 2.45) is 70.0 Å². The molecule has 0 bridgehead atoms. The summed E-state index contributed by atoms with van der Waals surface area (Å²) in [6.07, 6.45) is 15.0. The zero-order valence-electron chi connectivity index (χ0n) is 22.6. The van der Waals surface area contributed by atoms with Crippen LogP contribution in [0.25, 0.3) is 0 Å². The molecule has 5 aliphatic carbocycles. The average Bonchev–Trinajstić information content (AvgIpc) is 3.75. The first-order valence-electron chi connectivity index (χ1n) is 15.2. The molecular weight excluding hydrogens is 420 g/mol. The second kappa shape index (κ2) is 9.64. The van der Waals surface area contributed by atoms with Crippen LogP contribution in [0.4, 0.5) is 0 Å². The summed E-state index contributed by atoms with van der Waals surface area (Å²) in [6.45, 7) is 10.1. The van der Waals surface area contributed by atoms with Gasteiger partial charge in [-0.1, -0.05) is 40.5 Å². The maximum Gasteiger partial charge on any atom is 0.0618 e. The maximum absolute atomic E-state index is 10.9. The standard InChI is InChI=1S/C31H54O3/c1-5-20-14-21(20)7-8-23(24-10-9-22-15-25(22)26(24)17-32)16-27-19(2)6-11-28-30(27,3)13-12-29(34)31(28,4)18-33/h19-29,32-34H,5-18H2,1-4H3. The monoisotopic (exact) mass is 474 g/mol. The van der Waals surface area contributed by atoms with Crippen molar-refractivity contribution in [2.75, 3.05) is 13.2 Å². The Morgan fingerprint density at radius 2 is 1.76 bits per heavy atom. The van der Waals surface area contributed by atoms with Gasteiger partial charge in [0.05, 0.1) is 12.7 Å². The number of hydrogen-bond acceptors (Lipinski definition) is 3. The van der Waals surface area contributed by atoms with E-state index in [1.54, 1.807) is 0 Å². The van der Waals surface area contributed by atoms with Crippen LogP contribution in [0.15, 0.2) is 0 Å². The molecular formula is C31H54O3. The maximum atomic E-state index is 10.9. The molecule has 0 spiro atoms. The van der Waals surface area contributed by atoms with Crippen molar-refractivity contribution < 1.29 is 15.3 Å². The van der Waals surface area contributed by atoms with Crippen molar-refractivity contribution in [1.82, 2.24) is 0 Å². The third-order valence-electron chi connectivity index (χ3n) is 12.9. The van der Waals surface area contributed by atoms with Crippen LogP contribution in [0.5, 0.6) is 0 Å². The minimum Gasteiger partial charge on any atom is -0.396 e. The van der Waals surface area contributed by atoms with Crippen LogP contribution in [-0.4, -0.2) is 34.6 Å². The Labute approximate surface area is 209 Å². The highest BCUT2D eigenvalue weighted by Crippen LogP contribution is 2.64. The zero-order valence-corrected chi connectivity index (χ0v) is 22.6. The molecule has 5 fully saturated rings. The fourth-order valence-electron chi connectivity index (χ4n) is 10.4. The Morgan fingerprint density at radius 3 is 2.44 bits per heavy atom. The van der Waals surface area contributed by atoms with Crippen LogP contribution < -0.4 is 0 Å². The summed E-state index contributed by atoms with van der Waals surface area (Å²) in [7, 11) is 0. The average molecular weight is 475 g/mol. The van der Waals surface area contributed by atoms with Crippen molar-refractivity contribution in [3.05, 3.63) is 0 Å². The lowest BCUT2D eigenvalue weighted by molar-refractivity contribution is -0.175. The van der Waals surface area contributed by atoms with Crippen molar-refractivity contribution in [2.45, 2.75) is 111 Å². The highest BCUT2D eigenvalue weighted by molar-refractivity contribution is 5.08. The summed E-state index contributed by atoms with van der Waals surface area (Å²) in [6, 6.07) is 0. The molecule has 3 N–H and O–H groups in total. The van der Waals surface area contributed by atoms with Gasteiger partial charge < -0.3 is 15.3 Å². The third-order valence-corrected chi connectivity index (χ3v) is 12.9. The molecule has 3 heteroatoms. The molecule has 5 aliphatic rings. The number of rotatable bonds is 9. The molecule has 5 saturated carbocycles. The van der Waals surface area contributed by atoms with E-state index in [0.29, 0.717) is 30.3 Å². The van der Waals surface area contributed by atoms with Gasteiger partial charge in [-0.05, 0) is 129 Å². The molecule has 0 aromatic rings. The van der Waals surface area contributed by atoms with Gasteiger partial charge in [-0.3, -0.25) is 0 Å². The van der Waals surface area contributed by atoms with Crippen molar-refractivity contribution in [3.63, 3.8) is 0 Å². The summed E-state index contributed by atoms with van der Waals surface area (Å²) in [5.74, 6) is 7.48. The van der Waals surface area contributed by atoms with Crippen LogP contribution >= 0.6 is 0 Å². The first-order valence-corrected chi connectivity index (χ1v) is 15.2. The normalized spacial score (nSPS) is 53.0. The van der Waals surface area contributed by atoms with Gasteiger partial charge in [0.15, 0.2) is 0 Å². The molecule has 0 amide bonds. The summed E-state index contributed by atoms with van der Waals surface area (Å²) in [5, 5.41) is 31.8. The molecule has 13 atom stereocenters. The highest BCUT2D eigenvalue weighted by Gasteiger charge is 2.59. The molecule has 0 aliphatic heterocycles. The molecule has 13 unspecified atom stereocenters. The Kier molecular flexibility index (Phi) is 7.24. The van der Waals surface area contributed by atoms with Gasteiger partial charge in [0.25, 0.3) is 0 Å². The van der Waals surface area contributed by atoms with Crippen LogP contribution in [0, 0.1) is 70.0 Å². The van der Waals surface area contributed by atoms with E-state index in [1.165, 1.54) is 57.8 Å².